The minimum atomic E-state index is 0.169. The molecule has 112 valence electrons. The molecular formula is C19H26N2. The van der Waals surface area contributed by atoms with Crippen LogP contribution in [0.15, 0.2) is 54.9 Å². The second-order valence-corrected chi connectivity index (χ2v) is 6.53. The van der Waals surface area contributed by atoms with E-state index < -0.39 is 0 Å². The van der Waals surface area contributed by atoms with E-state index in [1.54, 1.807) is 0 Å². The first-order chi connectivity index (χ1) is 9.99. The van der Waals surface area contributed by atoms with Crippen molar-refractivity contribution in [1.29, 1.82) is 0 Å². The molecule has 0 saturated carbocycles. The summed E-state index contributed by atoms with van der Waals surface area (Å²) >= 11 is 0. The third-order valence-electron chi connectivity index (χ3n) is 4.09. The molecule has 1 unspecified atom stereocenters. The van der Waals surface area contributed by atoms with E-state index in [4.69, 9.17) is 0 Å². The van der Waals surface area contributed by atoms with Gasteiger partial charge in [0.05, 0.1) is 0 Å². The molecule has 21 heavy (non-hydrogen) atoms. The Morgan fingerprint density at radius 1 is 1.05 bits per heavy atom. The van der Waals surface area contributed by atoms with Gasteiger partial charge in [0.25, 0.3) is 0 Å². The van der Waals surface area contributed by atoms with Crippen molar-refractivity contribution in [1.82, 2.24) is 10.3 Å². The lowest BCUT2D eigenvalue weighted by Crippen LogP contribution is -2.34. The lowest BCUT2D eigenvalue weighted by molar-refractivity contribution is 0.366. The van der Waals surface area contributed by atoms with Crippen LogP contribution < -0.4 is 5.32 Å². The van der Waals surface area contributed by atoms with E-state index in [1.165, 1.54) is 11.1 Å². The Labute approximate surface area is 128 Å². The van der Waals surface area contributed by atoms with Gasteiger partial charge in [-0.05, 0) is 42.9 Å². The van der Waals surface area contributed by atoms with Gasteiger partial charge in [-0.25, -0.2) is 0 Å². The molecular weight excluding hydrogens is 256 g/mol. The van der Waals surface area contributed by atoms with Gasteiger partial charge in [0.15, 0.2) is 0 Å². The predicted octanol–water partition coefficient (Wildman–Crippen LogP) is 4.49. The smallest absolute Gasteiger partial charge is 0.0315 e. The van der Waals surface area contributed by atoms with E-state index in [2.05, 4.69) is 74.4 Å². The van der Waals surface area contributed by atoms with E-state index in [0.29, 0.717) is 12.1 Å². The number of aromatic nitrogens is 1. The zero-order valence-electron chi connectivity index (χ0n) is 13.5. The summed E-state index contributed by atoms with van der Waals surface area (Å²) < 4.78 is 0. The second-order valence-electron chi connectivity index (χ2n) is 6.53. The molecule has 0 aliphatic heterocycles. The molecule has 2 rings (SSSR count). The molecule has 1 aromatic heterocycles. The fourth-order valence-electron chi connectivity index (χ4n) is 2.99. The molecule has 0 amide bonds. The van der Waals surface area contributed by atoms with Crippen LogP contribution in [0.3, 0.4) is 0 Å². The standard InChI is InChI=1S/C19H26N2/c1-15(21-16(2)17-9-8-12-20-14-17)13-19(3,4)18-10-6-5-7-11-18/h5-12,14-16,21H,13H2,1-4H3/t15?,16-/m1/s1. The molecule has 2 atom stereocenters. The highest BCUT2D eigenvalue weighted by atomic mass is 14.9. The Balaban J connectivity index is 1.97. The Morgan fingerprint density at radius 2 is 1.76 bits per heavy atom. The van der Waals surface area contributed by atoms with Crippen LogP contribution in [0.5, 0.6) is 0 Å². The number of benzene rings is 1. The van der Waals surface area contributed by atoms with Crippen molar-refractivity contribution in [3.8, 4) is 0 Å². The third kappa shape index (κ3) is 4.40. The van der Waals surface area contributed by atoms with Crippen molar-refractivity contribution < 1.29 is 0 Å². The first kappa shape index (κ1) is 15.7. The number of nitrogens with one attached hydrogen (secondary N) is 1. The van der Waals surface area contributed by atoms with Crippen molar-refractivity contribution in [2.24, 2.45) is 0 Å². The van der Waals surface area contributed by atoms with Crippen LogP contribution in [0.4, 0.5) is 0 Å². The van der Waals surface area contributed by atoms with Crippen LogP contribution in [0.2, 0.25) is 0 Å². The molecule has 1 aromatic carbocycles. The first-order valence-electron chi connectivity index (χ1n) is 7.70. The molecule has 0 aliphatic rings. The Morgan fingerprint density at radius 3 is 2.38 bits per heavy atom. The quantitative estimate of drug-likeness (QED) is 0.844. The molecule has 1 heterocycles. The van der Waals surface area contributed by atoms with Gasteiger partial charge >= 0.3 is 0 Å². The minimum absolute atomic E-state index is 0.169. The molecule has 2 nitrogen and oxygen atoms in total. The summed E-state index contributed by atoms with van der Waals surface area (Å²) in [6.07, 6.45) is 4.85. The Kier molecular flexibility index (Phi) is 5.13. The molecule has 0 spiro atoms. The van der Waals surface area contributed by atoms with Gasteiger partial charge in [0.2, 0.25) is 0 Å². The zero-order valence-corrected chi connectivity index (χ0v) is 13.5. The molecule has 1 N–H and O–H groups in total. The summed E-state index contributed by atoms with van der Waals surface area (Å²) in [5.74, 6) is 0. The van der Waals surface area contributed by atoms with E-state index in [1.807, 2.05) is 18.5 Å². The minimum Gasteiger partial charge on any atom is -0.308 e. The first-order valence-corrected chi connectivity index (χ1v) is 7.70. The highest BCUT2D eigenvalue weighted by molar-refractivity contribution is 5.23. The molecule has 0 bridgehead atoms. The molecule has 0 saturated heterocycles. The van der Waals surface area contributed by atoms with Crippen LogP contribution in [0.25, 0.3) is 0 Å². The fraction of sp³-hybridized carbons (Fsp3) is 0.421. The molecule has 0 fully saturated rings. The Hall–Kier alpha value is -1.67. The SMILES string of the molecule is CC(CC(C)(C)c1ccccc1)N[C@H](C)c1cccnc1. The van der Waals surface area contributed by atoms with E-state index in [9.17, 15) is 0 Å². The van der Waals surface area contributed by atoms with Gasteiger partial charge in [-0.3, -0.25) is 4.98 Å². The lowest BCUT2D eigenvalue weighted by atomic mass is 9.79. The summed E-state index contributed by atoms with van der Waals surface area (Å²) in [4.78, 5) is 4.20. The normalized spacial score (nSPS) is 14.7. The number of rotatable bonds is 6. The van der Waals surface area contributed by atoms with E-state index in [0.717, 1.165) is 6.42 Å². The van der Waals surface area contributed by atoms with Crippen molar-refractivity contribution in [2.45, 2.75) is 51.6 Å². The van der Waals surface area contributed by atoms with Crippen molar-refractivity contribution in [3.63, 3.8) is 0 Å². The van der Waals surface area contributed by atoms with Gasteiger partial charge in [0.1, 0.15) is 0 Å². The van der Waals surface area contributed by atoms with Gasteiger partial charge in [0, 0.05) is 24.5 Å². The maximum atomic E-state index is 4.20. The highest BCUT2D eigenvalue weighted by Crippen LogP contribution is 2.28. The number of pyridine rings is 1. The predicted molar refractivity (Wildman–Crippen MR) is 89.3 cm³/mol. The number of hydrogen-bond acceptors (Lipinski definition) is 2. The maximum absolute atomic E-state index is 4.20. The Bertz CT molecular complexity index is 534. The molecule has 0 radical (unpaired) electrons. The van der Waals surface area contributed by atoms with E-state index >= 15 is 0 Å². The van der Waals surface area contributed by atoms with Gasteiger partial charge in [-0.2, -0.15) is 0 Å². The average molecular weight is 282 g/mol. The lowest BCUT2D eigenvalue weighted by Gasteiger charge is -2.30. The summed E-state index contributed by atoms with van der Waals surface area (Å²) in [5, 5.41) is 3.68. The van der Waals surface area contributed by atoms with Crippen LogP contribution in [0.1, 0.15) is 51.3 Å². The van der Waals surface area contributed by atoms with Gasteiger partial charge in [-0.1, -0.05) is 50.2 Å². The van der Waals surface area contributed by atoms with Crippen LogP contribution in [0, 0.1) is 0 Å². The second kappa shape index (κ2) is 6.86. The summed E-state index contributed by atoms with van der Waals surface area (Å²) in [6.45, 7) is 9.09. The largest absolute Gasteiger partial charge is 0.308 e. The highest BCUT2D eigenvalue weighted by Gasteiger charge is 2.23. The number of nitrogens with zero attached hydrogens (tertiary/aromatic N) is 1. The fourth-order valence-corrected chi connectivity index (χ4v) is 2.99. The summed E-state index contributed by atoms with van der Waals surface area (Å²) in [7, 11) is 0. The van der Waals surface area contributed by atoms with Crippen LogP contribution in [-0.2, 0) is 5.41 Å². The van der Waals surface area contributed by atoms with E-state index in [-0.39, 0.29) is 5.41 Å². The molecule has 0 aliphatic carbocycles. The monoisotopic (exact) mass is 282 g/mol. The average Bonchev–Trinajstić information content (AvgIpc) is 2.48. The van der Waals surface area contributed by atoms with Crippen molar-refractivity contribution >= 4 is 0 Å². The van der Waals surface area contributed by atoms with Crippen LogP contribution >= 0.6 is 0 Å². The van der Waals surface area contributed by atoms with Crippen molar-refractivity contribution in [3.05, 3.63) is 66.0 Å². The number of hydrogen-bond donors (Lipinski definition) is 1. The zero-order chi connectivity index (χ0) is 15.3. The summed E-state index contributed by atoms with van der Waals surface area (Å²) in [6, 6.07) is 15.6. The maximum Gasteiger partial charge on any atom is 0.0315 e. The molecule has 2 heteroatoms. The summed E-state index contributed by atoms with van der Waals surface area (Å²) in [5.41, 5.74) is 2.80. The van der Waals surface area contributed by atoms with Gasteiger partial charge in [-0.15, -0.1) is 0 Å². The van der Waals surface area contributed by atoms with Crippen LogP contribution in [-0.4, -0.2) is 11.0 Å². The molecule has 2 aromatic rings. The topological polar surface area (TPSA) is 24.9 Å². The van der Waals surface area contributed by atoms with Crippen molar-refractivity contribution in [2.75, 3.05) is 0 Å². The van der Waals surface area contributed by atoms with Gasteiger partial charge < -0.3 is 5.32 Å². The third-order valence-corrected chi connectivity index (χ3v) is 4.09.